The number of unbranched alkanes of at least 4 members (excludes halogenated alkanes) is 2. The van der Waals surface area contributed by atoms with Crippen molar-refractivity contribution < 1.29 is 19.1 Å². The first-order valence-corrected chi connectivity index (χ1v) is 23.7. The Morgan fingerprint density at radius 3 is 2.51 bits per heavy atom. The van der Waals surface area contributed by atoms with E-state index in [1.165, 1.54) is 0 Å². The van der Waals surface area contributed by atoms with E-state index in [1.54, 1.807) is 18.7 Å². The number of fused-ring (bicyclic) bond motifs is 2. The van der Waals surface area contributed by atoms with Gasteiger partial charge in [0.05, 0.1) is 29.8 Å². The van der Waals surface area contributed by atoms with Gasteiger partial charge in [0.2, 0.25) is 11.8 Å². The van der Waals surface area contributed by atoms with E-state index >= 15 is 0 Å². The van der Waals surface area contributed by atoms with Gasteiger partial charge in [-0.05, 0) is 88.2 Å². The Balaban J connectivity index is 0.744. The molecule has 0 bridgehead atoms. The Kier molecular flexibility index (Phi) is 15.6. The fourth-order valence-corrected chi connectivity index (χ4v) is 8.94. The number of amides is 3. The van der Waals surface area contributed by atoms with E-state index < -0.39 is 5.54 Å². The van der Waals surface area contributed by atoms with Crippen LogP contribution in [0.4, 0.5) is 5.82 Å². The molecule has 17 nitrogen and oxygen atoms in total. The summed E-state index contributed by atoms with van der Waals surface area (Å²) in [6, 6.07) is 20.8. The number of para-hydroxylation sites is 1. The average molecular weight is 933 g/mol. The van der Waals surface area contributed by atoms with Crippen LogP contribution in [0.3, 0.4) is 0 Å². The van der Waals surface area contributed by atoms with E-state index in [1.807, 2.05) is 90.4 Å². The number of ether oxygens (including phenoxy) is 1. The number of aromatic amines is 1. The maximum Gasteiger partial charge on any atom is 0.269 e. The molecule has 5 N–H and O–H groups in total. The number of hydrogen-bond donors (Lipinski definition) is 4. The van der Waals surface area contributed by atoms with Crippen molar-refractivity contribution in [2.75, 3.05) is 84.5 Å². The number of piperidine rings is 1. The number of H-pyrrole nitrogens is 1. The Hall–Kier alpha value is -6.14. The number of aromatic nitrogens is 6. The maximum absolute atomic E-state index is 13.9. The molecule has 1 atom stereocenters. The highest BCUT2D eigenvalue weighted by molar-refractivity contribution is 6.30. The second kappa shape index (κ2) is 22.1. The van der Waals surface area contributed by atoms with Gasteiger partial charge in [0, 0.05) is 82.1 Å². The molecule has 0 unspecified atom stereocenters. The number of halogens is 1. The van der Waals surface area contributed by atoms with Gasteiger partial charge in [0.25, 0.3) is 5.91 Å². The largest absolute Gasteiger partial charge is 0.492 e. The first-order chi connectivity index (χ1) is 32.5. The number of pyridine rings is 1. The predicted molar refractivity (Wildman–Crippen MR) is 260 cm³/mol. The number of likely N-dealkylation sites (N-methyl/N-ethyl adjacent to an activating group) is 1. The van der Waals surface area contributed by atoms with Crippen LogP contribution in [0.15, 0.2) is 85.6 Å². The lowest BCUT2D eigenvalue weighted by atomic mass is 9.87. The summed E-state index contributed by atoms with van der Waals surface area (Å²) in [7, 11) is 4.03. The van der Waals surface area contributed by atoms with E-state index in [9.17, 15) is 14.4 Å². The van der Waals surface area contributed by atoms with Crippen molar-refractivity contribution in [2.24, 2.45) is 5.73 Å². The van der Waals surface area contributed by atoms with Crippen molar-refractivity contribution in [2.45, 2.75) is 63.1 Å². The molecule has 2 saturated heterocycles. The zero-order valence-electron chi connectivity index (χ0n) is 38.5. The number of imidazole rings is 1. The number of benzene rings is 2. The molecular weight excluding hydrogens is 870 g/mol. The highest BCUT2D eigenvalue weighted by Gasteiger charge is 2.39. The molecule has 8 rings (SSSR count). The standard InChI is InChI=1S/C49H62ClN13O4/c1-59(2)30-31-67-42-9-6-5-8-36(42)32-63-34-56-40-15-16-41(57-46(40)63)47(65)53-21-7-3-4-10-43(64)61-28-26-60(27-29-61)23-18-39(35-11-13-37(50)14-12-35)58-48(66)49(51)19-24-62(25-20-49)45-38-17-22-52-44(38)54-33-55-45/h5-6,8-9,11-17,22,33-34,39H,3-4,7,10,18-21,23-32,51H2,1-2H3,(H,53,65)(H,58,66)(H,52,54,55)/t39-/m0/s1. The van der Waals surface area contributed by atoms with Crippen LogP contribution in [0.2, 0.25) is 5.02 Å². The molecule has 67 heavy (non-hydrogen) atoms. The fourth-order valence-electron chi connectivity index (χ4n) is 8.81. The minimum atomic E-state index is -1.01. The summed E-state index contributed by atoms with van der Waals surface area (Å²) < 4.78 is 7.99. The van der Waals surface area contributed by atoms with Crippen LogP contribution in [0.5, 0.6) is 5.75 Å². The van der Waals surface area contributed by atoms with Crippen LogP contribution >= 0.6 is 11.6 Å². The van der Waals surface area contributed by atoms with Crippen LogP contribution in [-0.2, 0) is 16.1 Å². The molecular formula is C49H62ClN13O4. The Morgan fingerprint density at radius 1 is 0.925 bits per heavy atom. The minimum absolute atomic E-state index is 0.156. The molecule has 0 saturated carbocycles. The third-order valence-corrected chi connectivity index (χ3v) is 13.2. The number of nitrogens with one attached hydrogen (secondary N) is 3. The van der Waals surface area contributed by atoms with E-state index in [0.29, 0.717) is 93.4 Å². The average Bonchev–Trinajstić information content (AvgIpc) is 3.99. The molecule has 354 valence electrons. The fraction of sp³-hybridized carbons (Fsp3) is 0.449. The van der Waals surface area contributed by atoms with Gasteiger partial charge < -0.3 is 45.4 Å². The second-order valence-corrected chi connectivity index (χ2v) is 18.3. The number of anilines is 1. The van der Waals surface area contributed by atoms with E-state index in [-0.39, 0.29) is 23.8 Å². The van der Waals surface area contributed by atoms with Gasteiger partial charge in [-0.15, -0.1) is 0 Å². The zero-order valence-corrected chi connectivity index (χ0v) is 39.3. The van der Waals surface area contributed by atoms with E-state index in [2.05, 4.69) is 50.3 Å². The number of carbonyl (C=O) groups is 3. The molecule has 3 amide bonds. The lowest BCUT2D eigenvalue weighted by molar-refractivity contribution is -0.133. The number of hydrogen-bond acceptors (Lipinski definition) is 12. The molecule has 18 heteroatoms. The van der Waals surface area contributed by atoms with Gasteiger partial charge in [-0.2, -0.15) is 0 Å². The lowest BCUT2D eigenvalue weighted by Gasteiger charge is -2.39. The summed E-state index contributed by atoms with van der Waals surface area (Å²) in [4.78, 5) is 70.0. The lowest BCUT2D eigenvalue weighted by Crippen LogP contribution is -2.60. The highest BCUT2D eigenvalue weighted by atomic mass is 35.5. The molecule has 0 radical (unpaired) electrons. The number of rotatable bonds is 20. The monoisotopic (exact) mass is 931 g/mol. The molecule has 0 aliphatic carbocycles. The van der Waals surface area contributed by atoms with Crippen LogP contribution in [0, 0.1) is 0 Å². The third-order valence-electron chi connectivity index (χ3n) is 12.9. The highest BCUT2D eigenvalue weighted by Crippen LogP contribution is 2.30. The number of nitrogens with two attached hydrogens (primary N) is 1. The summed E-state index contributed by atoms with van der Waals surface area (Å²) in [6.07, 6.45) is 9.61. The number of carbonyl (C=O) groups excluding carboxylic acids is 3. The van der Waals surface area contributed by atoms with Crippen molar-refractivity contribution in [3.8, 4) is 5.75 Å². The molecule has 4 aromatic heterocycles. The van der Waals surface area contributed by atoms with Crippen molar-refractivity contribution in [3.63, 3.8) is 0 Å². The number of piperazine rings is 1. The first-order valence-electron chi connectivity index (χ1n) is 23.4. The summed E-state index contributed by atoms with van der Waals surface area (Å²) in [5, 5.41) is 7.88. The Labute approximate surface area is 396 Å². The first kappa shape index (κ1) is 47.4. The van der Waals surface area contributed by atoms with Crippen LogP contribution < -0.4 is 26.0 Å². The van der Waals surface area contributed by atoms with Gasteiger partial charge in [-0.25, -0.2) is 19.9 Å². The smallest absolute Gasteiger partial charge is 0.269 e. The van der Waals surface area contributed by atoms with Crippen molar-refractivity contribution in [1.82, 2.24) is 54.8 Å². The number of nitrogens with zero attached hydrogens (tertiary/aromatic N) is 9. The van der Waals surface area contributed by atoms with Crippen LogP contribution in [0.1, 0.15) is 72.6 Å². The summed E-state index contributed by atoms with van der Waals surface area (Å²) in [5.41, 5.74) is 10.3. The molecule has 2 aliphatic rings. The van der Waals surface area contributed by atoms with E-state index in [0.717, 1.165) is 79.2 Å². The summed E-state index contributed by atoms with van der Waals surface area (Å²) in [6.45, 7) is 7.17. The van der Waals surface area contributed by atoms with E-state index in [4.69, 9.17) is 22.1 Å². The van der Waals surface area contributed by atoms with Gasteiger partial charge in [0.15, 0.2) is 5.65 Å². The zero-order chi connectivity index (χ0) is 46.8. The van der Waals surface area contributed by atoms with Crippen molar-refractivity contribution in [1.29, 1.82) is 0 Å². The topological polar surface area (TPSA) is 196 Å². The van der Waals surface area contributed by atoms with Gasteiger partial charge in [0.1, 0.15) is 41.4 Å². The van der Waals surface area contributed by atoms with Gasteiger partial charge >= 0.3 is 0 Å². The molecule has 6 aromatic rings. The van der Waals surface area contributed by atoms with Gasteiger partial charge in [-0.3, -0.25) is 19.3 Å². The maximum atomic E-state index is 13.9. The Morgan fingerprint density at radius 2 is 1.72 bits per heavy atom. The molecule has 6 heterocycles. The van der Waals surface area contributed by atoms with Crippen LogP contribution in [0.25, 0.3) is 22.2 Å². The van der Waals surface area contributed by atoms with Crippen molar-refractivity contribution in [3.05, 3.63) is 107 Å². The Bertz CT molecular complexity index is 2600. The molecule has 0 spiro atoms. The molecule has 2 aliphatic heterocycles. The normalized spacial score (nSPS) is 15.8. The summed E-state index contributed by atoms with van der Waals surface area (Å²) in [5.74, 6) is 1.42. The molecule has 2 fully saturated rings. The predicted octanol–water partition coefficient (Wildman–Crippen LogP) is 5.02. The minimum Gasteiger partial charge on any atom is -0.492 e. The summed E-state index contributed by atoms with van der Waals surface area (Å²) >= 11 is 6.25. The van der Waals surface area contributed by atoms with Gasteiger partial charge in [-0.1, -0.05) is 48.4 Å². The SMILES string of the molecule is CN(C)CCOc1ccccc1Cn1cnc2ccc(C(=O)NCCCCCC(=O)N3CCN(CC[C@H](NC(=O)C4(N)CCN(c5ncnc6[nH]ccc56)CC4)c4ccc(Cl)cc4)CC3)nc21. The second-order valence-electron chi connectivity index (χ2n) is 17.9. The van der Waals surface area contributed by atoms with Crippen molar-refractivity contribution >= 4 is 57.3 Å². The quantitative estimate of drug-likeness (QED) is 0.0748. The third kappa shape index (κ3) is 12.1. The molecule has 2 aromatic carbocycles. The van der Waals surface area contributed by atoms with Crippen LogP contribution in [-0.4, -0.2) is 147 Å².